The molecule has 2 aromatic rings. The Hall–Kier alpha value is -2.14. The van der Waals surface area contributed by atoms with Gasteiger partial charge in [0.1, 0.15) is 0 Å². The van der Waals surface area contributed by atoms with Crippen LogP contribution in [0.3, 0.4) is 0 Å². The molecular weight excluding hydrogens is 346 g/mol. The molecule has 0 spiro atoms. The maximum Gasteiger partial charge on any atom is 0.177 e. The number of benzene rings is 2. The Bertz CT molecular complexity index is 994. The Labute approximate surface area is 154 Å². The molecule has 5 heteroatoms. The zero-order chi connectivity index (χ0) is 18.5. The molecule has 0 aliphatic heterocycles. The summed E-state index contributed by atoms with van der Waals surface area (Å²) in [5, 5.41) is 3.46. The van der Waals surface area contributed by atoms with Crippen molar-refractivity contribution in [2.24, 2.45) is 0 Å². The Balaban J connectivity index is 1.76. The minimum Gasteiger partial charge on any atom is -0.377 e. The molecule has 0 radical (unpaired) electrons. The molecule has 0 bridgehead atoms. The van der Waals surface area contributed by atoms with Crippen LogP contribution >= 0.6 is 0 Å². The van der Waals surface area contributed by atoms with Crippen LogP contribution in [-0.4, -0.2) is 20.5 Å². The number of nitrogens with one attached hydrogen (secondary N) is 1. The van der Waals surface area contributed by atoms with E-state index in [9.17, 15) is 13.2 Å². The van der Waals surface area contributed by atoms with Gasteiger partial charge in [0, 0.05) is 11.8 Å². The van der Waals surface area contributed by atoms with Crippen LogP contribution in [0.25, 0.3) is 0 Å². The summed E-state index contributed by atoms with van der Waals surface area (Å²) in [7, 11) is -3.38. The predicted molar refractivity (Wildman–Crippen MR) is 103 cm³/mol. The molecule has 2 unspecified atom stereocenters. The fraction of sp³-hybridized carbons (Fsp3) is 0.381. The average Bonchev–Trinajstić information content (AvgIpc) is 2.94. The average molecular weight is 369 g/mol. The van der Waals surface area contributed by atoms with Crippen LogP contribution in [0.1, 0.15) is 65.2 Å². The lowest BCUT2D eigenvalue weighted by atomic mass is 9.84. The van der Waals surface area contributed by atoms with Gasteiger partial charge >= 0.3 is 0 Å². The number of anilines is 1. The Morgan fingerprint density at radius 3 is 2.73 bits per heavy atom. The molecule has 2 atom stereocenters. The van der Waals surface area contributed by atoms with E-state index >= 15 is 0 Å². The van der Waals surface area contributed by atoms with Gasteiger partial charge in [0.05, 0.1) is 16.6 Å². The lowest BCUT2D eigenvalue weighted by molar-refractivity contribution is 0.101. The van der Waals surface area contributed by atoms with Crippen LogP contribution in [0.2, 0.25) is 0 Å². The third kappa shape index (κ3) is 2.94. The van der Waals surface area contributed by atoms with Gasteiger partial charge in [-0.1, -0.05) is 18.2 Å². The first kappa shape index (κ1) is 17.3. The molecule has 2 aliphatic carbocycles. The zero-order valence-corrected chi connectivity index (χ0v) is 15.9. The van der Waals surface area contributed by atoms with Crippen LogP contribution in [-0.2, 0) is 16.3 Å². The van der Waals surface area contributed by atoms with Gasteiger partial charge in [-0.05, 0) is 73.4 Å². The van der Waals surface area contributed by atoms with Crippen molar-refractivity contribution >= 4 is 21.3 Å². The number of sulfone groups is 1. The molecule has 0 fully saturated rings. The van der Waals surface area contributed by atoms with Crippen molar-refractivity contribution in [3.05, 3.63) is 58.7 Å². The molecule has 26 heavy (non-hydrogen) atoms. The second-order valence-corrected chi connectivity index (χ2v) is 9.47. The van der Waals surface area contributed by atoms with Gasteiger partial charge < -0.3 is 5.32 Å². The van der Waals surface area contributed by atoms with E-state index in [-0.39, 0.29) is 16.7 Å². The van der Waals surface area contributed by atoms with Crippen molar-refractivity contribution < 1.29 is 13.2 Å². The summed E-state index contributed by atoms with van der Waals surface area (Å²) in [6, 6.07) is 11.3. The summed E-state index contributed by atoms with van der Waals surface area (Å²) in [5.41, 5.74) is 5.22. The van der Waals surface area contributed by atoms with E-state index in [0.29, 0.717) is 17.2 Å². The summed E-state index contributed by atoms with van der Waals surface area (Å²) >= 11 is 0. The van der Waals surface area contributed by atoms with Gasteiger partial charge in [0.2, 0.25) is 0 Å². The summed E-state index contributed by atoms with van der Waals surface area (Å²) in [6.45, 7) is 1.49. The van der Waals surface area contributed by atoms with Gasteiger partial charge in [-0.3, -0.25) is 4.79 Å². The number of hydrogen-bond donors (Lipinski definition) is 1. The van der Waals surface area contributed by atoms with E-state index in [4.69, 9.17) is 0 Å². The van der Waals surface area contributed by atoms with Crippen LogP contribution < -0.4 is 5.32 Å². The molecule has 136 valence electrons. The molecule has 4 nitrogen and oxygen atoms in total. The quantitative estimate of drug-likeness (QED) is 0.818. The van der Waals surface area contributed by atoms with Crippen molar-refractivity contribution in [3.63, 3.8) is 0 Å². The van der Waals surface area contributed by atoms with E-state index in [1.54, 1.807) is 12.1 Å². The molecule has 0 saturated carbocycles. The number of rotatable bonds is 4. The summed E-state index contributed by atoms with van der Waals surface area (Å²) in [5.74, 6) is 0.475. The summed E-state index contributed by atoms with van der Waals surface area (Å²) < 4.78 is 24.4. The highest BCUT2D eigenvalue weighted by Crippen LogP contribution is 2.48. The summed E-state index contributed by atoms with van der Waals surface area (Å²) in [6.07, 6.45) is 5.70. The van der Waals surface area contributed by atoms with Crippen molar-refractivity contribution in [1.29, 1.82) is 0 Å². The highest BCUT2D eigenvalue weighted by molar-refractivity contribution is 7.90. The SMILES string of the molecule is CC(=O)c1ccc(S(C)(=O)=O)c(NC2CC3CCCc4cccc2c43)c1. The first-order valence-corrected chi connectivity index (χ1v) is 11.0. The maximum absolute atomic E-state index is 12.2. The van der Waals surface area contributed by atoms with Gasteiger partial charge in [-0.25, -0.2) is 8.42 Å². The lowest BCUT2D eigenvalue weighted by Gasteiger charge is -2.20. The highest BCUT2D eigenvalue weighted by atomic mass is 32.2. The predicted octanol–water partition coefficient (Wildman–Crippen LogP) is 4.27. The van der Waals surface area contributed by atoms with E-state index in [0.717, 1.165) is 12.8 Å². The first-order chi connectivity index (χ1) is 12.3. The monoisotopic (exact) mass is 369 g/mol. The van der Waals surface area contributed by atoms with Crippen molar-refractivity contribution in [2.45, 2.75) is 49.5 Å². The van der Waals surface area contributed by atoms with Crippen molar-refractivity contribution in [2.75, 3.05) is 11.6 Å². The molecule has 2 aliphatic rings. The van der Waals surface area contributed by atoms with Gasteiger partial charge in [0.25, 0.3) is 0 Å². The van der Waals surface area contributed by atoms with Crippen molar-refractivity contribution in [1.82, 2.24) is 0 Å². The Kier molecular flexibility index (Phi) is 4.14. The number of carbonyl (C=O) groups is 1. The third-order valence-electron chi connectivity index (χ3n) is 5.65. The number of carbonyl (C=O) groups excluding carboxylic acids is 1. The number of aryl methyl sites for hydroxylation is 1. The second-order valence-electron chi connectivity index (χ2n) is 7.48. The van der Waals surface area contributed by atoms with Crippen LogP contribution in [0, 0.1) is 0 Å². The maximum atomic E-state index is 12.2. The minimum atomic E-state index is -3.38. The fourth-order valence-corrected chi connectivity index (χ4v) is 5.33. The number of Topliss-reactive ketones (excluding diaryl/α,β-unsaturated/α-hetero) is 1. The molecule has 0 saturated heterocycles. The first-order valence-electron chi connectivity index (χ1n) is 9.08. The molecule has 0 aromatic heterocycles. The molecule has 4 rings (SSSR count). The lowest BCUT2D eigenvalue weighted by Crippen LogP contribution is -2.12. The molecule has 0 heterocycles. The molecule has 1 N–H and O–H groups in total. The smallest absolute Gasteiger partial charge is 0.177 e. The normalized spacial score (nSPS) is 21.3. The van der Waals surface area contributed by atoms with E-state index in [1.807, 2.05) is 0 Å². The topological polar surface area (TPSA) is 63.2 Å². The Morgan fingerprint density at radius 2 is 2.00 bits per heavy atom. The molecule has 0 amide bonds. The van der Waals surface area contributed by atoms with E-state index < -0.39 is 9.84 Å². The van der Waals surface area contributed by atoms with Crippen molar-refractivity contribution in [3.8, 4) is 0 Å². The fourth-order valence-electron chi connectivity index (χ4n) is 4.49. The van der Waals surface area contributed by atoms with E-state index in [1.165, 1.54) is 48.8 Å². The van der Waals surface area contributed by atoms with Crippen LogP contribution in [0.5, 0.6) is 0 Å². The van der Waals surface area contributed by atoms with Gasteiger partial charge in [-0.2, -0.15) is 0 Å². The highest BCUT2D eigenvalue weighted by Gasteiger charge is 2.35. The number of hydrogen-bond acceptors (Lipinski definition) is 4. The van der Waals surface area contributed by atoms with Gasteiger partial charge in [-0.15, -0.1) is 0 Å². The standard InChI is InChI=1S/C21H23NO3S/c1-13(23)15-9-10-20(26(2,24)25)19(11-15)22-18-12-16-7-3-5-14-6-4-8-17(18)21(14)16/h4,6,8-11,16,18,22H,3,5,7,12H2,1-2H3. The minimum absolute atomic E-state index is 0.0713. The Morgan fingerprint density at radius 1 is 1.19 bits per heavy atom. The van der Waals surface area contributed by atoms with E-state index in [2.05, 4.69) is 23.5 Å². The molecule has 2 aromatic carbocycles. The summed E-state index contributed by atoms with van der Waals surface area (Å²) in [4.78, 5) is 12.0. The largest absolute Gasteiger partial charge is 0.377 e. The zero-order valence-electron chi connectivity index (χ0n) is 15.1. The second kappa shape index (κ2) is 6.23. The third-order valence-corrected chi connectivity index (χ3v) is 6.80. The number of ketones is 1. The van der Waals surface area contributed by atoms with Crippen LogP contribution in [0.4, 0.5) is 5.69 Å². The molecular formula is C21H23NO3S. The van der Waals surface area contributed by atoms with Crippen LogP contribution in [0.15, 0.2) is 41.3 Å². The van der Waals surface area contributed by atoms with Gasteiger partial charge in [0.15, 0.2) is 15.6 Å².